The number of Topliss-reactive ketones (excluding diaryl/α,β-unsaturated/α-hetero) is 1. The van der Waals surface area contributed by atoms with Gasteiger partial charge in [0.2, 0.25) is 0 Å². The lowest BCUT2D eigenvalue weighted by atomic mass is 10.2. The van der Waals surface area contributed by atoms with E-state index in [0.717, 1.165) is 11.3 Å². The predicted molar refractivity (Wildman–Crippen MR) is 49.1 cm³/mol. The Balaban J connectivity index is 2.39. The summed E-state index contributed by atoms with van der Waals surface area (Å²) in [4.78, 5) is 11.0. The molecule has 4 heteroatoms. The highest BCUT2D eigenvalue weighted by Gasteiger charge is 2.20. The van der Waals surface area contributed by atoms with Crippen molar-refractivity contribution in [1.29, 1.82) is 0 Å². The van der Waals surface area contributed by atoms with Gasteiger partial charge in [-0.05, 0) is 6.07 Å². The fourth-order valence-corrected chi connectivity index (χ4v) is 2.57. The Hall–Kier alpha value is -0.900. The van der Waals surface area contributed by atoms with Crippen LogP contribution in [0.3, 0.4) is 0 Å². The standard InChI is InChI=1S/C9H10O3S/c1-6(10)9-4-7-5-13(11)3-2-8(7)12-9/h4H,2-3,5H2,1H3. The quantitative estimate of drug-likeness (QED) is 0.639. The molecule has 1 aromatic heterocycles. The normalized spacial score (nSPS) is 21.2. The molecule has 2 heterocycles. The van der Waals surface area contributed by atoms with E-state index in [0.29, 0.717) is 23.7 Å². The summed E-state index contributed by atoms with van der Waals surface area (Å²) in [5, 5.41) is 0. The van der Waals surface area contributed by atoms with Crippen LogP contribution in [0.15, 0.2) is 10.5 Å². The first-order valence-electron chi connectivity index (χ1n) is 4.14. The van der Waals surface area contributed by atoms with Gasteiger partial charge in [-0.25, -0.2) is 0 Å². The van der Waals surface area contributed by atoms with Crippen LogP contribution < -0.4 is 0 Å². The third kappa shape index (κ3) is 1.58. The number of carbonyl (C=O) groups is 1. The average Bonchev–Trinajstić information content (AvgIpc) is 2.46. The minimum absolute atomic E-state index is 0.0693. The van der Waals surface area contributed by atoms with E-state index in [2.05, 4.69) is 0 Å². The van der Waals surface area contributed by atoms with Gasteiger partial charge in [0.15, 0.2) is 11.5 Å². The highest BCUT2D eigenvalue weighted by atomic mass is 32.2. The average molecular weight is 198 g/mol. The molecular weight excluding hydrogens is 188 g/mol. The lowest BCUT2D eigenvalue weighted by molar-refractivity contribution is 0.0985. The molecule has 0 radical (unpaired) electrons. The number of aryl methyl sites for hydroxylation is 1. The first kappa shape index (κ1) is 8.69. The maximum atomic E-state index is 11.2. The van der Waals surface area contributed by atoms with Crippen LogP contribution in [0.25, 0.3) is 0 Å². The number of hydrogen-bond acceptors (Lipinski definition) is 3. The Kier molecular flexibility index (Phi) is 2.07. The molecular formula is C9H10O3S. The lowest BCUT2D eigenvalue weighted by Gasteiger charge is -2.07. The van der Waals surface area contributed by atoms with Crippen molar-refractivity contribution in [2.45, 2.75) is 19.1 Å². The Labute approximate surface area is 78.6 Å². The Bertz CT molecular complexity index is 378. The Morgan fingerprint density at radius 2 is 2.38 bits per heavy atom. The smallest absolute Gasteiger partial charge is 0.194 e. The van der Waals surface area contributed by atoms with Crippen LogP contribution in [0.1, 0.15) is 28.8 Å². The number of hydrogen-bond donors (Lipinski definition) is 0. The highest BCUT2D eigenvalue weighted by molar-refractivity contribution is 7.84. The molecule has 0 saturated carbocycles. The van der Waals surface area contributed by atoms with E-state index in [1.807, 2.05) is 0 Å². The molecule has 1 atom stereocenters. The van der Waals surface area contributed by atoms with Crippen LogP contribution in [0.2, 0.25) is 0 Å². The van der Waals surface area contributed by atoms with Gasteiger partial charge in [0.05, 0.1) is 5.75 Å². The monoisotopic (exact) mass is 198 g/mol. The van der Waals surface area contributed by atoms with Crippen LogP contribution in [0.4, 0.5) is 0 Å². The first-order chi connectivity index (χ1) is 6.16. The molecule has 0 spiro atoms. The topological polar surface area (TPSA) is 47.3 Å². The summed E-state index contributed by atoms with van der Waals surface area (Å²) in [6.45, 7) is 1.47. The van der Waals surface area contributed by atoms with Crippen molar-refractivity contribution in [3.05, 3.63) is 23.2 Å². The number of ketones is 1. The van der Waals surface area contributed by atoms with Gasteiger partial charge in [0, 0.05) is 35.5 Å². The summed E-state index contributed by atoms with van der Waals surface area (Å²) in [6.07, 6.45) is 0.690. The molecule has 0 bridgehead atoms. The van der Waals surface area contributed by atoms with Gasteiger partial charge in [-0.1, -0.05) is 0 Å². The molecule has 1 aliphatic rings. The van der Waals surface area contributed by atoms with E-state index in [1.165, 1.54) is 6.92 Å². The Morgan fingerprint density at radius 3 is 3.08 bits per heavy atom. The molecule has 13 heavy (non-hydrogen) atoms. The van der Waals surface area contributed by atoms with Crippen molar-refractivity contribution >= 4 is 16.6 Å². The van der Waals surface area contributed by atoms with Crippen molar-refractivity contribution in [3.8, 4) is 0 Å². The minimum Gasteiger partial charge on any atom is -0.458 e. The van der Waals surface area contributed by atoms with Crippen LogP contribution in [0.5, 0.6) is 0 Å². The molecule has 2 rings (SSSR count). The van der Waals surface area contributed by atoms with Gasteiger partial charge in [-0.15, -0.1) is 0 Å². The van der Waals surface area contributed by atoms with E-state index < -0.39 is 10.8 Å². The highest BCUT2D eigenvalue weighted by Crippen LogP contribution is 2.22. The predicted octanol–water partition coefficient (Wildman–Crippen LogP) is 1.29. The fraction of sp³-hybridized carbons (Fsp3) is 0.444. The maximum absolute atomic E-state index is 11.2. The van der Waals surface area contributed by atoms with Gasteiger partial charge in [-0.2, -0.15) is 0 Å². The van der Waals surface area contributed by atoms with E-state index in [-0.39, 0.29) is 5.78 Å². The van der Waals surface area contributed by atoms with Crippen LogP contribution in [-0.2, 0) is 23.0 Å². The van der Waals surface area contributed by atoms with Crippen LogP contribution >= 0.6 is 0 Å². The van der Waals surface area contributed by atoms with Crippen LogP contribution in [-0.4, -0.2) is 15.7 Å². The SMILES string of the molecule is CC(=O)c1cc2c(o1)CCS(=O)C2. The fourth-order valence-electron chi connectivity index (χ4n) is 1.43. The zero-order valence-corrected chi connectivity index (χ0v) is 8.15. The molecule has 3 nitrogen and oxygen atoms in total. The Morgan fingerprint density at radius 1 is 1.62 bits per heavy atom. The molecule has 1 aromatic rings. The number of carbonyl (C=O) groups excluding carboxylic acids is 1. The van der Waals surface area contributed by atoms with E-state index in [9.17, 15) is 9.00 Å². The lowest BCUT2D eigenvalue weighted by Crippen LogP contribution is -2.10. The van der Waals surface area contributed by atoms with Crippen molar-refractivity contribution in [1.82, 2.24) is 0 Å². The number of rotatable bonds is 1. The van der Waals surface area contributed by atoms with E-state index >= 15 is 0 Å². The second kappa shape index (κ2) is 3.10. The zero-order valence-electron chi connectivity index (χ0n) is 7.33. The van der Waals surface area contributed by atoms with E-state index in [1.54, 1.807) is 6.07 Å². The molecule has 1 aliphatic heterocycles. The van der Waals surface area contributed by atoms with Crippen molar-refractivity contribution in [2.75, 3.05) is 5.75 Å². The number of furan rings is 1. The molecule has 0 N–H and O–H groups in total. The molecule has 0 aliphatic carbocycles. The van der Waals surface area contributed by atoms with Crippen molar-refractivity contribution in [2.24, 2.45) is 0 Å². The summed E-state index contributed by atoms with van der Waals surface area (Å²) in [6, 6.07) is 1.72. The third-order valence-corrected chi connectivity index (χ3v) is 3.41. The molecule has 0 amide bonds. The summed E-state index contributed by atoms with van der Waals surface area (Å²) in [5.74, 6) is 2.35. The molecule has 1 unspecified atom stereocenters. The molecule has 0 fully saturated rings. The van der Waals surface area contributed by atoms with Crippen molar-refractivity contribution in [3.63, 3.8) is 0 Å². The molecule has 0 aromatic carbocycles. The van der Waals surface area contributed by atoms with Gasteiger partial charge in [0.25, 0.3) is 0 Å². The second-order valence-corrected chi connectivity index (χ2v) is 4.73. The summed E-state index contributed by atoms with van der Waals surface area (Å²) >= 11 is 0. The summed E-state index contributed by atoms with van der Waals surface area (Å²) in [5.41, 5.74) is 0.940. The first-order valence-corrected chi connectivity index (χ1v) is 5.63. The van der Waals surface area contributed by atoms with Crippen molar-refractivity contribution < 1.29 is 13.4 Å². The van der Waals surface area contributed by atoms with Gasteiger partial charge >= 0.3 is 0 Å². The summed E-state index contributed by atoms with van der Waals surface area (Å²) < 4.78 is 16.5. The van der Waals surface area contributed by atoms with Crippen LogP contribution in [0, 0.1) is 0 Å². The van der Waals surface area contributed by atoms with E-state index in [4.69, 9.17) is 4.42 Å². The molecule has 70 valence electrons. The van der Waals surface area contributed by atoms with Gasteiger partial charge in [0.1, 0.15) is 5.76 Å². The third-order valence-electron chi connectivity index (χ3n) is 2.12. The summed E-state index contributed by atoms with van der Waals surface area (Å²) in [7, 11) is -0.773. The molecule has 0 saturated heterocycles. The van der Waals surface area contributed by atoms with Gasteiger partial charge in [-0.3, -0.25) is 9.00 Å². The second-order valence-electron chi connectivity index (χ2n) is 3.15. The minimum atomic E-state index is -0.773. The number of fused-ring (bicyclic) bond motifs is 1. The maximum Gasteiger partial charge on any atom is 0.194 e. The zero-order chi connectivity index (χ0) is 9.42. The van der Waals surface area contributed by atoms with Gasteiger partial charge < -0.3 is 4.42 Å². The largest absolute Gasteiger partial charge is 0.458 e.